The van der Waals surface area contributed by atoms with Crippen molar-refractivity contribution in [2.75, 3.05) is 18.9 Å². The number of nitrogens with one attached hydrogen (secondary N) is 2. The maximum atomic E-state index is 11.9. The second-order valence-corrected chi connectivity index (χ2v) is 4.29. The third-order valence-corrected chi connectivity index (χ3v) is 2.99. The van der Waals surface area contributed by atoms with E-state index in [1.54, 1.807) is 6.20 Å². The maximum absolute atomic E-state index is 11.9. The van der Waals surface area contributed by atoms with Crippen LogP contribution < -0.4 is 10.6 Å². The van der Waals surface area contributed by atoms with Crippen molar-refractivity contribution in [3.8, 4) is 0 Å². The molecule has 5 nitrogen and oxygen atoms in total. The highest BCUT2D eigenvalue weighted by Gasteiger charge is 2.05. The number of hydrogen-bond donors (Lipinski definition) is 2. The Morgan fingerprint density at radius 3 is 2.63 bits per heavy atom. The van der Waals surface area contributed by atoms with Gasteiger partial charge in [-0.05, 0) is 24.3 Å². The fraction of sp³-hybridized carbons (Fsp3) is 0.286. The van der Waals surface area contributed by atoms with Gasteiger partial charge in [0.15, 0.2) is 0 Å². The van der Waals surface area contributed by atoms with E-state index in [-0.39, 0.29) is 5.91 Å². The predicted molar refractivity (Wildman–Crippen MR) is 75.2 cm³/mol. The minimum absolute atomic E-state index is 0.0585. The van der Waals surface area contributed by atoms with Gasteiger partial charge in [0.05, 0.1) is 0 Å². The number of carbonyl (C=O) groups is 1. The average Bonchev–Trinajstić information content (AvgIpc) is 2.84. The fourth-order valence-corrected chi connectivity index (χ4v) is 1.82. The summed E-state index contributed by atoms with van der Waals surface area (Å²) in [6.07, 6.45) is 4.38. The Bertz CT molecular complexity index is 545. The molecule has 0 fully saturated rings. The summed E-state index contributed by atoms with van der Waals surface area (Å²) in [5.41, 5.74) is 1.66. The van der Waals surface area contributed by atoms with Crippen LogP contribution in [0.25, 0.3) is 0 Å². The summed E-state index contributed by atoms with van der Waals surface area (Å²) in [4.78, 5) is 16.1. The van der Waals surface area contributed by atoms with Crippen LogP contribution in [0.5, 0.6) is 0 Å². The van der Waals surface area contributed by atoms with Gasteiger partial charge in [-0.15, -0.1) is 0 Å². The second-order valence-electron chi connectivity index (χ2n) is 4.29. The number of benzene rings is 1. The van der Waals surface area contributed by atoms with E-state index in [0.29, 0.717) is 12.1 Å². The van der Waals surface area contributed by atoms with E-state index >= 15 is 0 Å². The van der Waals surface area contributed by atoms with Gasteiger partial charge in [0.1, 0.15) is 5.82 Å². The number of aromatic nitrogens is 2. The first kappa shape index (κ1) is 13.1. The summed E-state index contributed by atoms with van der Waals surface area (Å²) in [6.45, 7) is 0.581. The van der Waals surface area contributed by atoms with E-state index in [0.717, 1.165) is 17.9 Å². The molecule has 0 aliphatic heterocycles. The summed E-state index contributed by atoms with van der Waals surface area (Å²) in [6, 6.07) is 7.38. The molecule has 2 rings (SSSR count). The molecule has 0 radical (unpaired) electrons. The molecule has 0 spiro atoms. The molecule has 1 aromatic heterocycles. The van der Waals surface area contributed by atoms with Gasteiger partial charge >= 0.3 is 0 Å². The van der Waals surface area contributed by atoms with Crippen molar-refractivity contribution in [3.63, 3.8) is 0 Å². The van der Waals surface area contributed by atoms with Crippen LogP contribution in [-0.4, -0.2) is 29.1 Å². The Labute approximate surface area is 112 Å². The number of carbonyl (C=O) groups excluding carboxylic acids is 1. The van der Waals surface area contributed by atoms with E-state index in [2.05, 4.69) is 15.6 Å². The molecule has 0 aliphatic rings. The quantitative estimate of drug-likeness (QED) is 0.853. The SMILES string of the molecule is CNc1ccc(C(=O)NCCc2nccn2C)cc1. The van der Waals surface area contributed by atoms with E-state index < -0.39 is 0 Å². The Hall–Kier alpha value is -2.30. The Kier molecular flexibility index (Phi) is 4.18. The largest absolute Gasteiger partial charge is 0.388 e. The molecular formula is C14H18N4O. The first-order chi connectivity index (χ1) is 9.20. The molecule has 0 unspecified atom stereocenters. The number of imidazole rings is 1. The standard InChI is InChI=1S/C14H18N4O/c1-15-12-5-3-11(4-6-12)14(19)17-8-7-13-16-9-10-18(13)2/h3-6,9-10,15H,7-8H2,1-2H3,(H,17,19). The van der Waals surface area contributed by atoms with Crippen LogP contribution in [0.3, 0.4) is 0 Å². The lowest BCUT2D eigenvalue weighted by Gasteiger charge is -2.06. The van der Waals surface area contributed by atoms with Crippen molar-refractivity contribution in [1.82, 2.24) is 14.9 Å². The molecule has 100 valence electrons. The number of aryl methyl sites for hydroxylation is 1. The van der Waals surface area contributed by atoms with Gasteiger partial charge in [-0.3, -0.25) is 4.79 Å². The smallest absolute Gasteiger partial charge is 0.251 e. The van der Waals surface area contributed by atoms with Gasteiger partial charge in [0.25, 0.3) is 5.91 Å². The summed E-state index contributed by atoms with van der Waals surface area (Å²) in [5, 5.41) is 5.91. The van der Waals surface area contributed by atoms with Gasteiger partial charge < -0.3 is 15.2 Å². The second kappa shape index (κ2) is 6.04. The van der Waals surface area contributed by atoms with Crippen molar-refractivity contribution in [2.24, 2.45) is 7.05 Å². The zero-order valence-electron chi connectivity index (χ0n) is 11.2. The zero-order chi connectivity index (χ0) is 13.7. The predicted octanol–water partition coefficient (Wildman–Crippen LogP) is 1.43. The van der Waals surface area contributed by atoms with Crippen molar-refractivity contribution in [2.45, 2.75) is 6.42 Å². The van der Waals surface area contributed by atoms with Crippen molar-refractivity contribution in [3.05, 3.63) is 48.0 Å². The maximum Gasteiger partial charge on any atom is 0.251 e. The molecule has 19 heavy (non-hydrogen) atoms. The lowest BCUT2D eigenvalue weighted by Crippen LogP contribution is -2.26. The molecule has 2 N–H and O–H groups in total. The number of nitrogens with zero attached hydrogens (tertiary/aromatic N) is 2. The van der Waals surface area contributed by atoms with Crippen LogP contribution in [0, 0.1) is 0 Å². The summed E-state index contributed by atoms with van der Waals surface area (Å²) in [7, 11) is 3.79. The first-order valence-electron chi connectivity index (χ1n) is 6.23. The third kappa shape index (κ3) is 3.34. The fourth-order valence-electron chi connectivity index (χ4n) is 1.82. The van der Waals surface area contributed by atoms with E-state index in [1.165, 1.54) is 0 Å². The van der Waals surface area contributed by atoms with E-state index in [1.807, 2.05) is 49.1 Å². The third-order valence-electron chi connectivity index (χ3n) is 2.99. The molecular weight excluding hydrogens is 240 g/mol. The van der Waals surface area contributed by atoms with Crippen LogP contribution in [0.4, 0.5) is 5.69 Å². The highest BCUT2D eigenvalue weighted by Crippen LogP contribution is 2.08. The van der Waals surface area contributed by atoms with Gasteiger partial charge in [-0.1, -0.05) is 0 Å². The number of hydrogen-bond acceptors (Lipinski definition) is 3. The van der Waals surface area contributed by atoms with Crippen molar-refractivity contribution < 1.29 is 4.79 Å². The molecule has 5 heteroatoms. The molecule has 0 atom stereocenters. The van der Waals surface area contributed by atoms with Crippen LogP contribution in [0.15, 0.2) is 36.7 Å². The van der Waals surface area contributed by atoms with Crippen molar-refractivity contribution in [1.29, 1.82) is 0 Å². The normalized spacial score (nSPS) is 10.2. The van der Waals surface area contributed by atoms with Crippen molar-refractivity contribution >= 4 is 11.6 Å². The Morgan fingerprint density at radius 1 is 1.32 bits per heavy atom. The topological polar surface area (TPSA) is 59.0 Å². The van der Waals surface area contributed by atoms with Gasteiger partial charge in [-0.2, -0.15) is 0 Å². The summed E-state index contributed by atoms with van der Waals surface area (Å²) < 4.78 is 1.95. The molecule has 0 saturated heterocycles. The zero-order valence-corrected chi connectivity index (χ0v) is 11.2. The van der Waals surface area contributed by atoms with Crippen LogP contribution >= 0.6 is 0 Å². The Balaban J connectivity index is 1.85. The highest BCUT2D eigenvalue weighted by atomic mass is 16.1. The van der Waals surface area contributed by atoms with Crippen LogP contribution in [0.2, 0.25) is 0 Å². The highest BCUT2D eigenvalue weighted by molar-refractivity contribution is 5.94. The van der Waals surface area contributed by atoms with E-state index in [4.69, 9.17) is 0 Å². The average molecular weight is 258 g/mol. The number of rotatable bonds is 5. The molecule has 1 heterocycles. The number of anilines is 1. The first-order valence-corrected chi connectivity index (χ1v) is 6.23. The molecule has 0 saturated carbocycles. The summed E-state index contributed by atoms with van der Waals surface area (Å²) in [5.74, 6) is 0.905. The number of amides is 1. The lowest BCUT2D eigenvalue weighted by molar-refractivity contribution is 0.0954. The molecule has 1 aromatic carbocycles. The molecule has 0 bridgehead atoms. The van der Waals surface area contributed by atoms with Crippen LogP contribution in [0.1, 0.15) is 16.2 Å². The lowest BCUT2D eigenvalue weighted by atomic mass is 10.2. The van der Waals surface area contributed by atoms with Gasteiger partial charge in [-0.25, -0.2) is 4.98 Å². The summed E-state index contributed by atoms with van der Waals surface area (Å²) >= 11 is 0. The van der Waals surface area contributed by atoms with Gasteiger partial charge in [0, 0.05) is 50.7 Å². The minimum atomic E-state index is -0.0585. The molecule has 2 aromatic rings. The van der Waals surface area contributed by atoms with Crippen LogP contribution in [-0.2, 0) is 13.5 Å². The van der Waals surface area contributed by atoms with Gasteiger partial charge in [0.2, 0.25) is 0 Å². The Morgan fingerprint density at radius 2 is 2.05 bits per heavy atom. The monoisotopic (exact) mass is 258 g/mol. The molecule has 1 amide bonds. The minimum Gasteiger partial charge on any atom is -0.388 e. The molecule has 0 aliphatic carbocycles. The van der Waals surface area contributed by atoms with E-state index in [9.17, 15) is 4.79 Å².